The van der Waals surface area contributed by atoms with Crippen molar-refractivity contribution in [2.75, 3.05) is 99.3 Å². The van der Waals surface area contributed by atoms with Crippen LogP contribution in [-0.2, 0) is 40.1 Å². The van der Waals surface area contributed by atoms with Crippen LogP contribution in [0.5, 0.6) is 0 Å². The van der Waals surface area contributed by atoms with Gasteiger partial charge in [-0.2, -0.15) is 0 Å². The van der Waals surface area contributed by atoms with Gasteiger partial charge >= 0.3 is 12.1 Å². The van der Waals surface area contributed by atoms with E-state index < -0.39 is 0 Å². The number of morpholine rings is 2. The molecule has 5 aliphatic rings. The second-order valence-electron chi connectivity index (χ2n) is 16.3. The highest BCUT2D eigenvalue weighted by Gasteiger charge is 2.34. The highest BCUT2D eigenvalue weighted by atomic mass is 16.5. The Morgan fingerprint density at radius 2 is 1.18 bits per heavy atom. The van der Waals surface area contributed by atoms with E-state index in [-0.39, 0.29) is 24.1 Å². The van der Waals surface area contributed by atoms with Crippen LogP contribution in [0.3, 0.4) is 0 Å². The van der Waals surface area contributed by atoms with Crippen LogP contribution >= 0.6 is 0 Å². The molecule has 0 spiro atoms. The monoisotopic (exact) mass is 848 g/mol. The standard InChI is InChI=1S/C24H32N6O3.C21H28N6O2/c1-3-25-24(31)26-18-6-4-17(5-7-18)22-27-21-12-29(19-14-33-15-19)9-8-20(21)23(28-22)30-10-11-32-13-16(30)2;1-3-23-21(28)24-16-6-4-15(5-7-16)19-25-18-12-22-9-8-17(18)20(26-19)27-10-11-29-13-14(27)2/h4-7,16,19H,3,8-15H2,1-2H3,(H2,25,26,31);4-7,14,22H,3,8-13H2,1-2H3,(H2,23,24,28)/t16-;14-/m00/s1. The maximum absolute atomic E-state index is 11.8. The van der Waals surface area contributed by atoms with E-state index in [4.69, 9.17) is 34.1 Å². The number of hydrogen-bond acceptors (Lipinski definition) is 13. The molecule has 2 aromatic carbocycles. The molecule has 17 nitrogen and oxygen atoms in total. The topological polar surface area (TPSA) is 183 Å². The lowest BCUT2D eigenvalue weighted by molar-refractivity contribution is -0.0699. The Hall–Kier alpha value is -5.46. The summed E-state index contributed by atoms with van der Waals surface area (Å²) in [6, 6.07) is 16.0. The number of carbonyl (C=O) groups is 2. The number of rotatable bonds is 9. The van der Waals surface area contributed by atoms with Gasteiger partial charge in [0, 0.05) is 79.4 Å². The van der Waals surface area contributed by atoms with Gasteiger partial charge in [-0.25, -0.2) is 29.5 Å². The molecule has 0 bridgehead atoms. The van der Waals surface area contributed by atoms with E-state index >= 15 is 0 Å². The van der Waals surface area contributed by atoms with Crippen LogP contribution in [0, 0.1) is 0 Å². The third-order valence-corrected chi connectivity index (χ3v) is 11.9. The zero-order valence-electron chi connectivity index (χ0n) is 36.3. The summed E-state index contributed by atoms with van der Waals surface area (Å²) in [5, 5.41) is 14.5. The normalized spacial score (nSPS) is 20.1. The fourth-order valence-corrected chi connectivity index (χ4v) is 8.41. The van der Waals surface area contributed by atoms with Crippen molar-refractivity contribution >= 4 is 35.1 Å². The van der Waals surface area contributed by atoms with Gasteiger partial charge in [-0.1, -0.05) is 0 Å². The minimum atomic E-state index is -0.209. The molecule has 3 fully saturated rings. The lowest BCUT2D eigenvalue weighted by atomic mass is 10.0. The molecule has 9 rings (SSSR count). The number of nitrogens with zero attached hydrogens (tertiary/aromatic N) is 7. The van der Waals surface area contributed by atoms with Crippen molar-refractivity contribution in [2.45, 2.75) is 71.8 Å². The van der Waals surface area contributed by atoms with Crippen molar-refractivity contribution in [3.8, 4) is 22.8 Å². The molecular weight excluding hydrogens is 789 g/mol. The van der Waals surface area contributed by atoms with Gasteiger partial charge in [0.05, 0.1) is 69.2 Å². The molecule has 0 saturated carbocycles. The van der Waals surface area contributed by atoms with Crippen LogP contribution in [-0.4, -0.2) is 134 Å². The van der Waals surface area contributed by atoms with Crippen LogP contribution in [0.2, 0.25) is 0 Å². The predicted molar refractivity (Wildman–Crippen MR) is 240 cm³/mol. The lowest BCUT2D eigenvalue weighted by Crippen LogP contribution is -2.51. The Morgan fingerprint density at radius 3 is 1.66 bits per heavy atom. The summed E-state index contributed by atoms with van der Waals surface area (Å²) in [7, 11) is 0. The number of aromatic nitrogens is 4. The first-order valence-corrected chi connectivity index (χ1v) is 22.1. The average molecular weight is 849 g/mol. The van der Waals surface area contributed by atoms with Gasteiger partial charge in [0.1, 0.15) is 11.6 Å². The summed E-state index contributed by atoms with van der Waals surface area (Å²) >= 11 is 0. The molecule has 2 aromatic heterocycles. The van der Waals surface area contributed by atoms with Gasteiger partial charge < -0.3 is 50.6 Å². The van der Waals surface area contributed by atoms with Gasteiger partial charge in [-0.3, -0.25) is 4.90 Å². The van der Waals surface area contributed by atoms with E-state index in [9.17, 15) is 9.59 Å². The zero-order chi connectivity index (χ0) is 43.0. The van der Waals surface area contributed by atoms with Crippen molar-refractivity contribution in [1.29, 1.82) is 0 Å². The Bertz CT molecular complexity index is 2170. The number of ether oxygens (including phenoxy) is 3. The number of carbonyl (C=O) groups excluding carboxylic acids is 2. The zero-order valence-corrected chi connectivity index (χ0v) is 36.3. The van der Waals surface area contributed by atoms with E-state index in [2.05, 4.69) is 55.1 Å². The number of benzene rings is 2. The first kappa shape index (κ1) is 43.2. The van der Waals surface area contributed by atoms with E-state index in [1.807, 2.05) is 62.4 Å². The minimum Gasteiger partial charge on any atom is -0.378 e. The first-order valence-electron chi connectivity index (χ1n) is 22.1. The Balaban J connectivity index is 0.000000172. The number of urea groups is 2. The van der Waals surface area contributed by atoms with Gasteiger partial charge in [0.15, 0.2) is 11.6 Å². The second-order valence-corrected chi connectivity index (χ2v) is 16.3. The molecule has 0 unspecified atom stereocenters. The smallest absolute Gasteiger partial charge is 0.319 e. The quantitative estimate of drug-likeness (QED) is 0.160. The molecule has 4 amide bonds. The Morgan fingerprint density at radius 1 is 0.661 bits per heavy atom. The lowest BCUT2D eigenvalue weighted by Gasteiger charge is -2.41. The highest BCUT2D eigenvalue weighted by Crippen LogP contribution is 2.34. The van der Waals surface area contributed by atoms with E-state index in [0.29, 0.717) is 44.8 Å². The third kappa shape index (κ3) is 10.1. The van der Waals surface area contributed by atoms with Crippen LogP contribution in [0.15, 0.2) is 48.5 Å². The summed E-state index contributed by atoms with van der Waals surface area (Å²) in [5.74, 6) is 3.51. The van der Waals surface area contributed by atoms with Gasteiger partial charge in [-0.05, 0) is 95.6 Å². The third-order valence-electron chi connectivity index (χ3n) is 11.9. The second kappa shape index (κ2) is 20.2. The molecule has 2 atom stereocenters. The molecule has 3 saturated heterocycles. The molecule has 17 heteroatoms. The Kier molecular flexibility index (Phi) is 14.0. The fraction of sp³-hybridized carbons (Fsp3) is 0.511. The molecule has 4 aromatic rings. The van der Waals surface area contributed by atoms with Crippen molar-refractivity contribution in [3.63, 3.8) is 0 Å². The largest absolute Gasteiger partial charge is 0.378 e. The van der Waals surface area contributed by atoms with Crippen molar-refractivity contribution < 1.29 is 23.8 Å². The molecule has 62 heavy (non-hydrogen) atoms. The highest BCUT2D eigenvalue weighted by molar-refractivity contribution is 5.90. The molecule has 0 aliphatic carbocycles. The number of nitrogens with one attached hydrogen (secondary N) is 5. The summed E-state index contributed by atoms with van der Waals surface area (Å²) in [6.07, 6.45) is 1.88. The van der Waals surface area contributed by atoms with E-state index in [1.165, 1.54) is 11.1 Å². The van der Waals surface area contributed by atoms with Crippen molar-refractivity contribution in [2.24, 2.45) is 0 Å². The van der Waals surface area contributed by atoms with Crippen LogP contribution in [0.25, 0.3) is 22.8 Å². The van der Waals surface area contributed by atoms with Gasteiger partial charge in [-0.15, -0.1) is 0 Å². The van der Waals surface area contributed by atoms with E-state index in [1.54, 1.807) is 0 Å². The van der Waals surface area contributed by atoms with Crippen LogP contribution in [0.4, 0.5) is 32.6 Å². The maximum atomic E-state index is 11.8. The number of hydrogen-bond donors (Lipinski definition) is 5. The van der Waals surface area contributed by atoms with Crippen LogP contribution < -0.4 is 36.4 Å². The summed E-state index contributed by atoms with van der Waals surface area (Å²) in [5.41, 5.74) is 8.03. The van der Waals surface area contributed by atoms with E-state index in [0.717, 1.165) is 123 Å². The minimum absolute atomic E-state index is 0.208. The number of amides is 4. The summed E-state index contributed by atoms with van der Waals surface area (Å²) in [6.45, 7) is 19.0. The molecule has 7 heterocycles. The molecule has 5 aliphatic heterocycles. The molecule has 5 N–H and O–H groups in total. The molecule has 0 radical (unpaired) electrons. The average Bonchev–Trinajstić information content (AvgIpc) is 3.26. The summed E-state index contributed by atoms with van der Waals surface area (Å²) < 4.78 is 16.7. The summed E-state index contributed by atoms with van der Waals surface area (Å²) in [4.78, 5) is 50.7. The van der Waals surface area contributed by atoms with Crippen molar-refractivity contribution in [1.82, 2.24) is 40.8 Å². The van der Waals surface area contributed by atoms with Gasteiger partial charge in [0.2, 0.25) is 0 Å². The number of fused-ring (bicyclic) bond motifs is 2. The van der Waals surface area contributed by atoms with Crippen LogP contribution in [0.1, 0.15) is 50.2 Å². The van der Waals surface area contributed by atoms with Crippen molar-refractivity contribution in [3.05, 3.63) is 71.0 Å². The number of anilines is 4. The molecule has 330 valence electrons. The fourth-order valence-electron chi connectivity index (χ4n) is 8.41. The maximum Gasteiger partial charge on any atom is 0.319 e. The first-order chi connectivity index (χ1) is 30.3. The van der Waals surface area contributed by atoms with Gasteiger partial charge in [0.25, 0.3) is 0 Å². The predicted octanol–water partition coefficient (Wildman–Crippen LogP) is 4.42. The molecular formula is C45H60N12O5. The SMILES string of the molecule is CCNC(=O)Nc1ccc(-c2nc3c(c(N4CCOC[C@@H]4C)n2)CCN(C2COC2)C3)cc1.CCNC(=O)Nc1ccc(-c2nc3c(c(N4CCOC[C@@H]4C)n2)CCNC3)cc1. The Labute approximate surface area is 363 Å².